The average molecular weight is 469 g/mol. The van der Waals surface area contributed by atoms with Gasteiger partial charge in [0.25, 0.3) is 0 Å². The largest absolute Gasteiger partial charge is 0.466 e. The molecule has 0 aromatic rings. The van der Waals surface area contributed by atoms with Crippen molar-refractivity contribution in [1.82, 2.24) is 0 Å². The van der Waals surface area contributed by atoms with Crippen LogP contribution in [0.5, 0.6) is 0 Å². The van der Waals surface area contributed by atoms with Crippen LogP contribution in [0.25, 0.3) is 0 Å². The molecule has 33 heavy (non-hydrogen) atoms. The summed E-state index contributed by atoms with van der Waals surface area (Å²) in [6.07, 6.45) is 23.4. The maximum atomic E-state index is 11.9. The molecular formula is C29H56O4. The fourth-order valence-electron chi connectivity index (χ4n) is 4.10. The number of hydrogen-bond donors (Lipinski definition) is 0. The SMILES string of the molecule is CCCCCCCCCCCOC(=O)CCCCCCCCC(=O)OCC(CC)CCCC. The number of ether oxygens (including phenoxy) is 2. The van der Waals surface area contributed by atoms with Crippen molar-refractivity contribution < 1.29 is 19.1 Å². The first kappa shape index (κ1) is 31.9. The number of esters is 2. The van der Waals surface area contributed by atoms with Gasteiger partial charge in [-0.25, -0.2) is 0 Å². The van der Waals surface area contributed by atoms with E-state index in [4.69, 9.17) is 9.47 Å². The molecule has 1 unspecified atom stereocenters. The van der Waals surface area contributed by atoms with E-state index in [1.165, 1.54) is 64.2 Å². The maximum Gasteiger partial charge on any atom is 0.305 e. The highest BCUT2D eigenvalue weighted by Crippen LogP contribution is 2.14. The molecule has 0 saturated heterocycles. The molecule has 0 amide bonds. The Hall–Kier alpha value is -1.06. The van der Waals surface area contributed by atoms with Gasteiger partial charge in [-0.05, 0) is 31.6 Å². The minimum absolute atomic E-state index is 0.0402. The minimum Gasteiger partial charge on any atom is -0.466 e. The fourth-order valence-corrected chi connectivity index (χ4v) is 4.10. The number of hydrogen-bond acceptors (Lipinski definition) is 4. The van der Waals surface area contributed by atoms with E-state index in [0.29, 0.717) is 32.0 Å². The van der Waals surface area contributed by atoms with Gasteiger partial charge in [-0.3, -0.25) is 9.59 Å². The van der Waals surface area contributed by atoms with E-state index in [2.05, 4.69) is 20.8 Å². The van der Waals surface area contributed by atoms with Crippen molar-refractivity contribution in [3.63, 3.8) is 0 Å². The number of unbranched alkanes of at least 4 members (excludes halogenated alkanes) is 14. The molecule has 0 rings (SSSR count). The Morgan fingerprint density at radius 3 is 1.52 bits per heavy atom. The topological polar surface area (TPSA) is 52.6 Å². The molecule has 196 valence electrons. The van der Waals surface area contributed by atoms with Gasteiger partial charge < -0.3 is 9.47 Å². The molecule has 0 radical (unpaired) electrons. The maximum absolute atomic E-state index is 11.9. The number of rotatable bonds is 25. The van der Waals surface area contributed by atoms with Crippen LogP contribution in [0.4, 0.5) is 0 Å². The summed E-state index contributed by atoms with van der Waals surface area (Å²) in [6, 6.07) is 0. The Bertz CT molecular complexity index is 435. The molecule has 4 heteroatoms. The molecule has 0 fully saturated rings. The smallest absolute Gasteiger partial charge is 0.305 e. The van der Waals surface area contributed by atoms with E-state index in [0.717, 1.165) is 57.8 Å². The summed E-state index contributed by atoms with van der Waals surface area (Å²) in [5.41, 5.74) is 0. The Balaban J connectivity index is 3.37. The van der Waals surface area contributed by atoms with E-state index in [9.17, 15) is 9.59 Å². The standard InChI is InChI=1S/C29H56O4/c1-4-7-9-10-11-12-15-18-21-25-32-28(30)23-19-16-13-14-17-20-24-29(31)33-26-27(6-3)22-8-5-2/h27H,4-26H2,1-3H3. The average Bonchev–Trinajstić information content (AvgIpc) is 2.82. The molecule has 0 aromatic heterocycles. The van der Waals surface area contributed by atoms with Crippen molar-refractivity contribution in [1.29, 1.82) is 0 Å². The molecular weight excluding hydrogens is 412 g/mol. The summed E-state index contributed by atoms with van der Waals surface area (Å²) in [5, 5.41) is 0. The molecule has 0 N–H and O–H groups in total. The first-order valence-electron chi connectivity index (χ1n) is 14.4. The van der Waals surface area contributed by atoms with Gasteiger partial charge in [0, 0.05) is 12.8 Å². The minimum atomic E-state index is -0.0420. The highest BCUT2D eigenvalue weighted by atomic mass is 16.5. The van der Waals surface area contributed by atoms with E-state index < -0.39 is 0 Å². The fraction of sp³-hybridized carbons (Fsp3) is 0.931. The van der Waals surface area contributed by atoms with E-state index >= 15 is 0 Å². The van der Waals surface area contributed by atoms with Crippen LogP contribution in [0, 0.1) is 5.92 Å². The van der Waals surface area contributed by atoms with Crippen molar-refractivity contribution in [2.24, 2.45) is 5.92 Å². The molecule has 0 aliphatic carbocycles. The molecule has 0 aromatic carbocycles. The summed E-state index contributed by atoms with van der Waals surface area (Å²) < 4.78 is 10.8. The molecule has 0 spiro atoms. The normalized spacial score (nSPS) is 12.0. The van der Waals surface area contributed by atoms with Crippen LogP contribution in [-0.4, -0.2) is 25.2 Å². The van der Waals surface area contributed by atoms with Crippen LogP contribution in [0.3, 0.4) is 0 Å². The Morgan fingerprint density at radius 1 is 0.545 bits per heavy atom. The lowest BCUT2D eigenvalue weighted by atomic mass is 10.0. The third kappa shape index (κ3) is 23.9. The van der Waals surface area contributed by atoms with Crippen LogP contribution < -0.4 is 0 Å². The summed E-state index contributed by atoms with van der Waals surface area (Å²) in [7, 11) is 0. The second-order valence-corrected chi connectivity index (χ2v) is 9.77. The first-order chi connectivity index (χ1) is 16.1. The Kier molecular flexibility index (Phi) is 24.7. The lowest BCUT2D eigenvalue weighted by Gasteiger charge is -2.14. The zero-order valence-corrected chi connectivity index (χ0v) is 22.5. The zero-order chi connectivity index (χ0) is 24.4. The first-order valence-corrected chi connectivity index (χ1v) is 14.4. The van der Waals surface area contributed by atoms with Crippen molar-refractivity contribution in [3.8, 4) is 0 Å². The highest BCUT2D eigenvalue weighted by molar-refractivity contribution is 5.69. The van der Waals surface area contributed by atoms with Gasteiger partial charge in [-0.2, -0.15) is 0 Å². The molecule has 0 heterocycles. The Morgan fingerprint density at radius 2 is 1.00 bits per heavy atom. The molecule has 4 nitrogen and oxygen atoms in total. The number of carbonyl (C=O) groups excluding carboxylic acids is 2. The van der Waals surface area contributed by atoms with Crippen molar-refractivity contribution in [2.45, 2.75) is 156 Å². The lowest BCUT2D eigenvalue weighted by molar-refractivity contribution is -0.145. The van der Waals surface area contributed by atoms with E-state index in [1.807, 2.05) is 0 Å². The Labute approximate surface area is 206 Å². The van der Waals surface area contributed by atoms with Gasteiger partial charge in [-0.15, -0.1) is 0 Å². The van der Waals surface area contributed by atoms with Gasteiger partial charge in [-0.1, -0.05) is 117 Å². The van der Waals surface area contributed by atoms with E-state index in [-0.39, 0.29) is 11.9 Å². The van der Waals surface area contributed by atoms with Gasteiger partial charge in [0.2, 0.25) is 0 Å². The van der Waals surface area contributed by atoms with Crippen LogP contribution >= 0.6 is 0 Å². The van der Waals surface area contributed by atoms with Gasteiger partial charge in [0.15, 0.2) is 0 Å². The summed E-state index contributed by atoms with van der Waals surface area (Å²) in [5.74, 6) is 0.437. The van der Waals surface area contributed by atoms with Crippen molar-refractivity contribution in [2.75, 3.05) is 13.2 Å². The van der Waals surface area contributed by atoms with Gasteiger partial charge in [0.1, 0.15) is 0 Å². The lowest BCUT2D eigenvalue weighted by Crippen LogP contribution is -2.13. The molecule has 0 bridgehead atoms. The third-order valence-corrected chi connectivity index (χ3v) is 6.55. The second kappa shape index (κ2) is 25.6. The molecule has 0 aliphatic rings. The third-order valence-electron chi connectivity index (χ3n) is 6.55. The monoisotopic (exact) mass is 468 g/mol. The zero-order valence-electron chi connectivity index (χ0n) is 22.5. The molecule has 0 saturated carbocycles. The van der Waals surface area contributed by atoms with Crippen molar-refractivity contribution >= 4 is 11.9 Å². The van der Waals surface area contributed by atoms with Gasteiger partial charge >= 0.3 is 11.9 Å². The highest BCUT2D eigenvalue weighted by Gasteiger charge is 2.10. The quantitative estimate of drug-likeness (QED) is 0.0991. The van der Waals surface area contributed by atoms with Gasteiger partial charge in [0.05, 0.1) is 13.2 Å². The molecule has 0 aliphatic heterocycles. The van der Waals surface area contributed by atoms with Crippen molar-refractivity contribution in [3.05, 3.63) is 0 Å². The summed E-state index contributed by atoms with van der Waals surface area (Å²) in [6.45, 7) is 7.80. The van der Waals surface area contributed by atoms with Crippen LogP contribution in [-0.2, 0) is 19.1 Å². The number of carbonyl (C=O) groups is 2. The molecule has 1 atom stereocenters. The van der Waals surface area contributed by atoms with E-state index in [1.54, 1.807) is 0 Å². The summed E-state index contributed by atoms with van der Waals surface area (Å²) >= 11 is 0. The van der Waals surface area contributed by atoms with Crippen LogP contribution in [0.15, 0.2) is 0 Å². The predicted octanol–water partition coefficient (Wildman–Crippen LogP) is 8.94. The predicted molar refractivity (Wildman–Crippen MR) is 139 cm³/mol. The van der Waals surface area contributed by atoms with Crippen LogP contribution in [0.1, 0.15) is 156 Å². The summed E-state index contributed by atoms with van der Waals surface area (Å²) in [4.78, 5) is 23.7. The van der Waals surface area contributed by atoms with Crippen LogP contribution in [0.2, 0.25) is 0 Å². The second-order valence-electron chi connectivity index (χ2n) is 9.77.